The molecule has 25 heavy (non-hydrogen) atoms. The standard InChI is InChI=1S/C22H29NO2/c1-17-6-8-18(9-7-17)15-23-16-19-4-3-5-22(14-19)25-21-12-10-20(24-2)11-13-21/h3-5,10-14,17-18,23H,6-9,15-16H2,1-2H3. The van der Waals surface area contributed by atoms with Crippen LogP contribution >= 0.6 is 0 Å². The fourth-order valence-electron chi connectivity index (χ4n) is 3.45. The number of ether oxygens (including phenoxy) is 2. The van der Waals surface area contributed by atoms with Crippen LogP contribution in [0.2, 0.25) is 0 Å². The van der Waals surface area contributed by atoms with Crippen molar-refractivity contribution in [2.75, 3.05) is 13.7 Å². The van der Waals surface area contributed by atoms with Gasteiger partial charge in [-0.2, -0.15) is 0 Å². The highest BCUT2D eigenvalue weighted by Crippen LogP contribution is 2.28. The summed E-state index contributed by atoms with van der Waals surface area (Å²) in [5.41, 5.74) is 1.26. The summed E-state index contributed by atoms with van der Waals surface area (Å²) < 4.78 is 11.1. The molecule has 0 radical (unpaired) electrons. The van der Waals surface area contributed by atoms with Crippen molar-refractivity contribution < 1.29 is 9.47 Å². The Morgan fingerprint density at radius 2 is 1.64 bits per heavy atom. The zero-order valence-electron chi connectivity index (χ0n) is 15.3. The number of hydrogen-bond donors (Lipinski definition) is 1. The number of rotatable bonds is 7. The van der Waals surface area contributed by atoms with Crippen LogP contribution in [0.4, 0.5) is 0 Å². The Hall–Kier alpha value is -2.00. The van der Waals surface area contributed by atoms with E-state index in [0.29, 0.717) is 0 Å². The summed E-state index contributed by atoms with van der Waals surface area (Å²) in [6.45, 7) is 4.39. The van der Waals surface area contributed by atoms with E-state index in [2.05, 4.69) is 30.4 Å². The lowest BCUT2D eigenvalue weighted by Gasteiger charge is -2.26. The van der Waals surface area contributed by atoms with E-state index in [1.807, 2.05) is 30.3 Å². The van der Waals surface area contributed by atoms with Crippen LogP contribution < -0.4 is 14.8 Å². The molecule has 2 aromatic carbocycles. The summed E-state index contributed by atoms with van der Waals surface area (Å²) in [6, 6.07) is 16.0. The third kappa shape index (κ3) is 5.50. The van der Waals surface area contributed by atoms with Crippen LogP contribution in [0.1, 0.15) is 38.2 Å². The molecule has 1 aliphatic carbocycles. The molecule has 2 aromatic rings. The van der Waals surface area contributed by atoms with Gasteiger partial charge in [-0.15, -0.1) is 0 Å². The molecule has 0 bridgehead atoms. The van der Waals surface area contributed by atoms with Crippen molar-refractivity contribution >= 4 is 0 Å². The normalized spacial score (nSPS) is 20.2. The molecule has 0 saturated heterocycles. The molecule has 1 fully saturated rings. The maximum Gasteiger partial charge on any atom is 0.127 e. The first-order valence-corrected chi connectivity index (χ1v) is 9.34. The Balaban J connectivity index is 1.49. The minimum Gasteiger partial charge on any atom is -0.497 e. The first kappa shape index (κ1) is 17.8. The minimum absolute atomic E-state index is 0.822. The minimum atomic E-state index is 0.822. The van der Waals surface area contributed by atoms with Crippen molar-refractivity contribution in [3.05, 3.63) is 54.1 Å². The number of nitrogens with one attached hydrogen (secondary N) is 1. The van der Waals surface area contributed by atoms with Gasteiger partial charge in [0.05, 0.1) is 7.11 Å². The van der Waals surface area contributed by atoms with Gasteiger partial charge in [0.15, 0.2) is 0 Å². The van der Waals surface area contributed by atoms with Gasteiger partial charge in [0, 0.05) is 6.54 Å². The Kier molecular flexibility index (Phi) is 6.35. The highest BCUT2D eigenvalue weighted by molar-refractivity contribution is 5.36. The average Bonchev–Trinajstić information content (AvgIpc) is 2.64. The molecule has 3 nitrogen and oxygen atoms in total. The quantitative estimate of drug-likeness (QED) is 0.732. The van der Waals surface area contributed by atoms with E-state index >= 15 is 0 Å². The van der Waals surface area contributed by atoms with E-state index in [4.69, 9.17) is 9.47 Å². The van der Waals surface area contributed by atoms with Gasteiger partial charge in [-0.3, -0.25) is 0 Å². The molecule has 0 spiro atoms. The molecule has 0 unspecified atom stereocenters. The smallest absolute Gasteiger partial charge is 0.127 e. The molecule has 1 saturated carbocycles. The summed E-state index contributed by atoms with van der Waals surface area (Å²) in [5, 5.41) is 3.62. The van der Waals surface area contributed by atoms with Gasteiger partial charge in [-0.05, 0) is 73.2 Å². The molecule has 134 valence electrons. The van der Waals surface area contributed by atoms with Crippen LogP contribution in [-0.2, 0) is 6.54 Å². The molecule has 1 aliphatic rings. The lowest BCUT2D eigenvalue weighted by Crippen LogP contribution is -2.25. The van der Waals surface area contributed by atoms with E-state index in [1.165, 1.54) is 31.2 Å². The fourth-order valence-corrected chi connectivity index (χ4v) is 3.45. The Bertz CT molecular complexity index is 645. The zero-order chi connectivity index (χ0) is 17.5. The van der Waals surface area contributed by atoms with Gasteiger partial charge in [-0.1, -0.05) is 31.9 Å². The predicted octanol–water partition coefficient (Wildman–Crippen LogP) is 5.40. The molecule has 3 heteroatoms. The van der Waals surface area contributed by atoms with E-state index in [1.54, 1.807) is 7.11 Å². The second-order valence-electron chi connectivity index (χ2n) is 7.18. The van der Waals surface area contributed by atoms with Gasteiger partial charge in [0.2, 0.25) is 0 Å². The van der Waals surface area contributed by atoms with Crippen molar-refractivity contribution in [3.63, 3.8) is 0 Å². The SMILES string of the molecule is COc1ccc(Oc2cccc(CNCC3CCC(C)CC3)c2)cc1. The van der Waals surface area contributed by atoms with Crippen molar-refractivity contribution in [2.24, 2.45) is 11.8 Å². The highest BCUT2D eigenvalue weighted by Gasteiger charge is 2.17. The number of benzene rings is 2. The van der Waals surface area contributed by atoms with Crippen LogP contribution in [0.3, 0.4) is 0 Å². The molecular formula is C22H29NO2. The van der Waals surface area contributed by atoms with Gasteiger partial charge >= 0.3 is 0 Å². The van der Waals surface area contributed by atoms with Gasteiger partial charge < -0.3 is 14.8 Å². The zero-order valence-corrected chi connectivity index (χ0v) is 15.3. The Labute approximate surface area is 151 Å². The molecule has 0 aliphatic heterocycles. The maximum atomic E-state index is 5.94. The van der Waals surface area contributed by atoms with E-state index in [-0.39, 0.29) is 0 Å². The second kappa shape index (κ2) is 8.91. The first-order valence-electron chi connectivity index (χ1n) is 9.34. The van der Waals surface area contributed by atoms with Crippen molar-refractivity contribution in [3.8, 4) is 17.2 Å². The average molecular weight is 339 g/mol. The molecule has 0 aromatic heterocycles. The summed E-state index contributed by atoms with van der Waals surface area (Å²) in [6.07, 6.45) is 5.51. The molecule has 3 rings (SSSR count). The van der Waals surface area contributed by atoms with Crippen LogP contribution in [0.25, 0.3) is 0 Å². The van der Waals surface area contributed by atoms with Crippen molar-refractivity contribution in [1.82, 2.24) is 5.32 Å². The Morgan fingerprint density at radius 3 is 2.36 bits per heavy atom. The van der Waals surface area contributed by atoms with Gasteiger partial charge in [0.1, 0.15) is 17.2 Å². The third-order valence-corrected chi connectivity index (χ3v) is 5.09. The maximum absolute atomic E-state index is 5.94. The second-order valence-corrected chi connectivity index (χ2v) is 7.18. The lowest BCUT2D eigenvalue weighted by molar-refractivity contribution is 0.281. The molecule has 0 atom stereocenters. The molecule has 0 heterocycles. The summed E-state index contributed by atoms with van der Waals surface area (Å²) in [4.78, 5) is 0. The predicted molar refractivity (Wildman–Crippen MR) is 102 cm³/mol. The van der Waals surface area contributed by atoms with E-state index < -0.39 is 0 Å². The fraction of sp³-hybridized carbons (Fsp3) is 0.455. The summed E-state index contributed by atoms with van der Waals surface area (Å²) in [5.74, 6) is 4.29. The topological polar surface area (TPSA) is 30.5 Å². The number of methoxy groups -OCH3 is 1. The monoisotopic (exact) mass is 339 g/mol. The molecule has 0 amide bonds. The molecule has 1 N–H and O–H groups in total. The first-order chi connectivity index (χ1) is 12.2. The van der Waals surface area contributed by atoms with Gasteiger partial charge in [-0.25, -0.2) is 0 Å². The molecular weight excluding hydrogens is 310 g/mol. The summed E-state index contributed by atoms with van der Waals surface area (Å²) >= 11 is 0. The van der Waals surface area contributed by atoms with Crippen LogP contribution in [-0.4, -0.2) is 13.7 Å². The van der Waals surface area contributed by atoms with Gasteiger partial charge in [0.25, 0.3) is 0 Å². The van der Waals surface area contributed by atoms with Crippen molar-refractivity contribution in [2.45, 2.75) is 39.2 Å². The lowest BCUT2D eigenvalue weighted by atomic mass is 9.83. The van der Waals surface area contributed by atoms with Crippen LogP contribution in [0, 0.1) is 11.8 Å². The largest absolute Gasteiger partial charge is 0.497 e. The van der Waals surface area contributed by atoms with E-state index in [0.717, 1.165) is 42.2 Å². The van der Waals surface area contributed by atoms with Crippen LogP contribution in [0.15, 0.2) is 48.5 Å². The third-order valence-electron chi connectivity index (χ3n) is 5.09. The van der Waals surface area contributed by atoms with Crippen LogP contribution in [0.5, 0.6) is 17.2 Å². The highest BCUT2D eigenvalue weighted by atomic mass is 16.5. The Morgan fingerprint density at radius 1 is 0.920 bits per heavy atom. The number of hydrogen-bond acceptors (Lipinski definition) is 3. The van der Waals surface area contributed by atoms with E-state index in [9.17, 15) is 0 Å². The summed E-state index contributed by atoms with van der Waals surface area (Å²) in [7, 11) is 1.67. The van der Waals surface area contributed by atoms with Crippen molar-refractivity contribution in [1.29, 1.82) is 0 Å².